The van der Waals surface area contributed by atoms with Crippen LogP contribution in [0.15, 0.2) is 58.5 Å². The number of fused-ring (bicyclic) bond motifs is 4. The lowest BCUT2D eigenvalue weighted by Crippen LogP contribution is -2.53. The number of piperidine rings is 1. The van der Waals surface area contributed by atoms with Gasteiger partial charge in [-0.1, -0.05) is 6.07 Å². The number of furan rings is 1. The molecule has 30 heavy (non-hydrogen) atoms. The van der Waals surface area contributed by atoms with Crippen LogP contribution in [0.4, 0.5) is 0 Å². The molecule has 0 unspecified atom stereocenters. The summed E-state index contributed by atoms with van der Waals surface area (Å²) in [6.07, 6.45) is 5.67. The zero-order chi connectivity index (χ0) is 20.5. The van der Waals surface area contributed by atoms with Gasteiger partial charge in [0.15, 0.2) is 0 Å². The van der Waals surface area contributed by atoms with Crippen molar-refractivity contribution in [2.45, 2.75) is 31.5 Å². The molecule has 5 rings (SSSR count). The van der Waals surface area contributed by atoms with E-state index < -0.39 is 6.04 Å². The molecule has 9 nitrogen and oxygen atoms in total. The van der Waals surface area contributed by atoms with Gasteiger partial charge >= 0.3 is 0 Å². The first kappa shape index (κ1) is 18.8. The van der Waals surface area contributed by atoms with Gasteiger partial charge in [-0.2, -0.15) is 5.10 Å². The molecule has 2 aliphatic rings. The molecule has 1 amide bonds. The van der Waals surface area contributed by atoms with Crippen LogP contribution in [0, 0.1) is 5.92 Å². The van der Waals surface area contributed by atoms with E-state index in [0.717, 1.165) is 31.0 Å². The monoisotopic (exact) mass is 408 g/mol. The third-order valence-electron chi connectivity index (χ3n) is 6.06. The van der Waals surface area contributed by atoms with Crippen LogP contribution in [-0.2, 0) is 17.9 Å². The highest BCUT2D eigenvalue weighted by molar-refractivity contribution is 5.81. The number of aromatic nitrogens is 4. The Morgan fingerprint density at radius 2 is 2.17 bits per heavy atom. The van der Waals surface area contributed by atoms with E-state index in [4.69, 9.17) is 4.42 Å². The maximum atomic E-state index is 13.2. The first-order chi connectivity index (χ1) is 14.7. The fourth-order valence-corrected chi connectivity index (χ4v) is 4.86. The van der Waals surface area contributed by atoms with Crippen LogP contribution in [0.25, 0.3) is 0 Å². The molecule has 3 aromatic heterocycles. The van der Waals surface area contributed by atoms with Gasteiger partial charge in [-0.15, -0.1) is 0 Å². The molecule has 5 heterocycles. The molecule has 1 saturated heterocycles. The predicted molar refractivity (Wildman–Crippen MR) is 108 cm³/mol. The number of amides is 1. The van der Waals surface area contributed by atoms with Gasteiger partial charge < -0.3 is 9.73 Å². The van der Waals surface area contributed by atoms with Crippen LogP contribution >= 0.6 is 0 Å². The fourth-order valence-electron chi connectivity index (χ4n) is 4.86. The number of rotatable bonds is 6. The molecule has 0 saturated carbocycles. The Balaban J connectivity index is 1.38. The van der Waals surface area contributed by atoms with Crippen LogP contribution in [0.3, 0.4) is 0 Å². The minimum absolute atomic E-state index is 0.0673. The summed E-state index contributed by atoms with van der Waals surface area (Å²) in [6, 6.07) is 8.66. The summed E-state index contributed by atoms with van der Waals surface area (Å²) < 4.78 is 8.91. The molecule has 0 radical (unpaired) electrons. The van der Waals surface area contributed by atoms with Crippen LogP contribution in [0.5, 0.6) is 0 Å². The summed E-state index contributed by atoms with van der Waals surface area (Å²) in [5.74, 6) is 1.09. The molecule has 0 aliphatic carbocycles. The molecule has 1 fully saturated rings. The quantitative estimate of drug-likeness (QED) is 0.654. The van der Waals surface area contributed by atoms with Gasteiger partial charge in [-0.25, -0.2) is 4.98 Å². The maximum absolute atomic E-state index is 13.2. The summed E-state index contributed by atoms with van der Waals surface area (Å²) in [6.45, 7) is 3.27. The molecule has 0 spiro atoms. The van der Waals surface area contributed by atoms with Gasteiger partial charge in [0.05, 0.1) is 19.4 Å². The van der Waals surface area contributed by atoms with Crippen molar-refractivity contribution in [1.29, 1.82) is 0 Å². The van der Waals surface area contributed by atoms with Gasteiger partial charge in [0.2, 0.25) is 5.91 Å². The third kappa shape index (κ3) is 3.56. The Kier molecular flexibility index (Phi) is 4.96. The number of nitrogens with zero attached hydrogens (tertiary/aromatic N) is 5. The van der Waals surface area contributed by atoms with Crippen molar-refractivity contribution in [1.82, 2.24) is 29.5 Å². The Bertz CT molecular complexity index is 1060. The molecule has 156 valence electrons. The van der Waals surface area contributed by atoms with Crippen molar-refractivity contribution in [3.63, 3.8) is 0 Å². The van der Waals surface area contributed by atoms with E-state index in [2.05, 4.69) is 20.3 Å². The van der Waals surface area contributed by atoms with E-state index >= 15 is 0 Å². The molecule has 2 aliphatic heterocycles. The molecule has 3 aromatic rings. The Hall–Kier alpha value is -3.20. The fraction of sp³-hybridized carbons (Fsp3) is 0.429. The molecule has 3 atom stereocenters. The second-order valence-corrected chi connectivity index (χ2v) is 8.02. The molecule has 9 heteroatoms. The van der Waals surface area contributed by atoms with Gasteiger partial charge in [0, 0.05) is 43.2 Å². The van der Waals surface area contributed by atoms with Crippen molar-refractivity contribution in [3.8, 4) is 0 Å². The number of carbonyl (C=O) groups is 1. The van der Waals surface area contributed by atoms with E-state index in [9.17, 15) is 9.59 Å². The topological polar surface area (TPSA) is 98.2 Å². The zero-order valence-electron chi connectivity index (χ0n) is 16.6. The van der Waals surface area contributed by atoms with Crippen molar-refractivity contribution in [3.05, 3.63) is 71.1 Å². The van der Waals surface area contributed by atoms with Gasteiger partial charge in [-0.3, -0.25) is 23.7 Å². The highest BCUT2D eigenvalue weighted by Crippen LogP contribution is 2.41. The lowest BCUT2D eigenvalue weighted by molar-refractivity contribution is -0.127. The number of hydrogen-bond acceptors (Lipinski definition) is 6. The number of hydrogen-bond donors (Lipinski definition) is 1. The second-order valence-electron chi connectivity index (χ2n) is 8.02. The highest BCUT2D eigenvalue weighted by Gasteiger charge is 2.43. The molecule has 0 aromatic carbocycles. The number of carbonyl (C=O) groups excluding carboxylic acids is 1. The molecular formula is C21H24N6O3. The Morgan fingerprint density at radius 1 is 1.23 bits per heavy atom. The van der Waals surface area contributed by atoms with E-state index in [1.54, 1.807) is 34.0 Å². The zero-order valence-corrected chi connectivity index (χ0v) is 16.6. The summed E-state index contributed by atoms with van der Waals surface area (Å²) in [5, 5.41) is 7.05. The average molecular weight is 408 g/mol. The minimum atomic E-state index is -0.514. The van der Waals surface area contributed by atoms with Gasteiger partial charge in [-0.05, 0) is 24.6 Å². The SMILES string of the molecule is O=C(NCCn1cncn1)[C@H]1[C@H]2C[C@H](CN(Cc3ccco3)C2)c2cccc(=O)n21. The Labute approximate surface area is 173 Å². The summed E-state index contributed by atoms with van der Waals surface area (Å²) in [4.78, 5) is 32.2. The lowest BCUT2D eigenvalue weighted by atomic mass is 9.78. The van der Waals surface area contributed by atoms with Crippen LogP contribution in [0.1, 0.15) is 29.8 Å². The normalized spacial score (nSPS) is 23.1. The van der Waals surface area contributed by atoms with E-state index in [-0.39, 0.29) is 23.3 Å². The molecule has 2 bridgehead atoms. The molecular weight excluding hydrogens is 384 g/mol. The third-order valence-corrected chi connectivity index (χ3v) is 6.06. The van der Waals surface area contributed by atoms with Crippen LogP contribution < -0.4 is 10.9 Å². The second kappa shape index (κ2) is 7.91. The van der Waals surface area contributed by atoms with Crippen molar-refractivity contribution < 1.29 is 9.21 Å². The van der Waals surface area contributed by atoms with E-state index in [0.29, 0.717) is 19.6 Å². The Morgan fingerprint density at radius 3 is 2.97 bits per heavy atom. The van der Waals surface area contributed by atoms with Crippen molar-refractivity contribution >= 4 is 5.91 Å². The van der Waals surface area contributed by atoms with Crippen molar-refractivity contribution in [2.24, 2.45) is 5.92 Å². The predicted octanol–water partition coefficient (Wildman–Crippen LogP) is 1.01. The van der Waals surface area contributed by atoms with Gasteiger partial charge in [0.25, 0.3) is 5.56 Å². The standard InChI is InChI=1S/C21H24N6O3/c28-19-5-1-4-18-15-9-16(11-25(10-15)12-17-3-2-8-30-17)20(27(18)19)21(29)23-6-7-26-14-22-13-24-26/h1-5,8,13-16,20H,6-7,9-12H2,(H,23,29)/t15-,16+,20-/m1/s1. The van der Waals surface area contributed by atoms with Crippen molar-refractivity contribution in [2.75, 3.05) is 19.6 Å². The first-order valence-corrected chi connectivity index (χ1v) is 10.3. The van der Waals surface area contributed by atoms with Crippen LogP contribution in [0.2, 0.25) is 0 Å². The number of likely N-dealkylation sites (tertiary alicyclic amines) is 1. The smallest absolute Gasteiger partial charge is 0.251 e. The minimum Gasteiger partial charge on any atom is -0.468 e. The summed E-state index contributed by atoms with van der Waals surface area (Å²) in [7, 11) is 0. The van der Waals surface area contributed by atoms with E-state index in [1.165, 1.54) is 6.33 Å². The van der Waals surface area contributed by atoms with E-state index in [1.807, 2.05) is 18.2 Å². The summed E-state index contributed by atoms with van der Waals surface area (Å²) >= 11 is 0. The first-order valence-electron chi connectivity index (χ1n) is 10.3. The highest BCUT2D eigenvalue weighted by atomic mass is 16.3. The lowest BCUT2D eigenvalue weighted by Gasteiger charge is -2.46. The number of nitrogens with one attached hydrogen (secondary N) is 1. The van der Waals surface area contributed by atoms with Gasteiger partial charge in [0.1, 0.15) is 24.5 Å². The average Bonchev–Trinajstić information content (AvgIpc) is 3.43. The molecule has 1 N–H and O–H groups in total. The summed E-state index contributed by atoms with van der Waals surface area (Å²) in [5.41, 5.74) is 0.831. The van der Waals surface area contributed by atoms with Crippen LogP contribution in [-0.4, -0.2) is 49.8 Å². The number of pyridine rings is 1. The largest absolute Gasteiger partial charge is 0.468 e. The maximum Gasteiger partial charge on any atom is 0.251 e.